The molecule has 1 aliphatic rings. The van der Waals surface area contributed by atoms with Crippen molar-refractivity contribution in [1.82, 2.24) is 15.5 Å². The van der Waals surface area contributed by atoms with Crippen LogP contribution in [-0.2, 0) is 10.4 Å². The lowest BCUT2D eigenvalue weighted by Crippen LogP contribution is -2.67. The first-order chi connectivity index (χ1) is 10.4. The Labute approximate surface area is 131 Å². The third-order valence-electron chi connectivity index (χ3n) is 3.48. The first-order valence-electron chi connectivity index (χ1n) is 7.32. The van der Waals surface area contributed by atoms with E-state index in [0.29, 0.717) is 19.6 Å². The van der Waals surface area contributed by atoms with Crippen LogP contribution in [0.3, 0.4) is 0 Å². The number of amides is 1. The van der Waals surface area contributed by atoms with Gasteiger partial charge < -0.3 is 10.1 Å². The number of nitriles is 1. The molecule has 2 rings (SSSR count). The molecular weight excluding hydrogens is 280 g/mol. The van der Waals surface area contributed by atoms with E-state index in [1.54, 1.807) is 4.90 Å². The molecule has 0 saturated carbocycles. The maximum absolute atomic E-state index is 12.6. The van der Waals surface area contributed by atoms with Gasteiger partial charge in [-0.1, -0.05) is 30.3 Å². The number of carbonyl (C=O) groups is 1. The summed E-state index contributed by atoms with van der Waals surface area (Å²) in [5, 5.41) is 15.3. The zero-order valence-electron chi connectivity index (χ0n) is 13.2. The van der Waals surface area contributed by atoms with Crippen LogP contribution in [0.25, 0.3) is 0 Å². The van der Waals surface area contributed by atoms with Crippen molar-refractivity contribution in [1.29, 1.82) is 5.26 Å². The van der Waals surface area contributed by atoms with Gasteiger partial charge in [-0.25, -0.2) is 4.79 Å². The van der Waals surface area contributed by atoms with E-state index in [1.807, 2.05) is 57.3 Å². The van der Waals surface area contributed by atoms with E-state index in [4.69, 9.17) is 4.74 Å². The molecule has 1 amide bonds. The maximum atomic E-state index is 12.6. The number of hydrogen-bond acceptors (Lipinski definition) is 5. The van der Waals surface area contributed by atoms with Crippen molar-refractivity contribution in [2.75, 3.05) is 19.6 Å². The minimum absolute atomic E-state index is 0.430. The minimum atomic E-state index is -0.934. The third-order valence-corrected chi connectivity index (χ3v) is 3.48. The summed E-state index contributed by atoms with van der Waals surface area (Å²) in [6, 6.07) is 9.47. The SMILES string of the molecule is CC(C)(C)OC(=O)N1CCNCC1(NC#N)c1ccccc1. The molecule has 0 bridgehead atoms. The van der Waals surface area contributed by atoms with E-state index in [2.05, 4.69) is 10.6 Å². The molecule has 1 fully saturated rings. The van der Waals surface area contributed by atoms with Gasteiger partial charge in [-0.15, -0.1) is 0 Å². The first kappa shape index (κ1) is 16.1. The number of rotatable bonds is 2. The second-order valence-electron chi connectivity index (χ2n) is 6.27. The van der Waals surface area contributed by atoms with Gasteiger partial charge in [0.2, 0.25) is 0 Å². The number of ether oxygens (including phenoxy) is 1. The highest BCUT2D eigenvalue weighted by atomic mass is 16.6. The molecule has 0 aliphatic carbocycles. The van der Waals surface area contributed by atoms with Crippen LogP contribution >= 0.6 is 0 Å². The molecular formula is C16H22N4O2. The Kier molecular flexibility index (Phi) is 4.57. The standard InChI is InChI=1S/C16H22N4O2/c1-15(2,3)22-14(21)20-10-9-18-11-16(20,19-12-17)13-7-5-4-6-8-13/h4-8,18-19H,9-11H2,1-3H3. The van der Waals surface area contributed by atoms with E-state index in [9.17, 15) is 10.1 Å². The van der Waals surface area contributed by atoms with Crippen LogP contribution in [0.4, 0.5) is 4.79 Å². The van der Waals surface area contributed by atoms with Gasteiger partial charge in [0.15, 0.2) is 11.9 Å². The van der Waals surface area contributed by atoms with Gasteiger partial charge in [0.25, 0.3) is 0 Å². The summed E-state index contributed by atoms with van der Waals surface area (Å²) in [6.45, 7) is 7.03. The van der Waals surface area contributed by atoms with E-state index in [-0.39, 0.29) is 0 Å². The summed E-state index contributed by atoms with van der Waals surface area (Å²) in [7, 11) is 0. The normalized spacial score (nSPS) is 21.8. The Morgan fingerprint density at radius 1 is 1.41 bits per heavy atom. The maximum Gasteiger partial charge on any atom is 0.412 e. The van der Waals surface area contributed by atoms with Crippen molar-refractivity contribution in [3.8, 4) is 6.19 Å². The highest BCUT2D eigenvalue weighted by Crippen LogP contribution is 2.29. The van der Waals surface area contributed by atoms with Gasteiger partial charge >= 0.3 is 6.09 Å². The number of nitrogens with zero attached hydrogens (tertiary/aromatic N) is 2. The molecule has 1 aliphatic heterocycles. The molecule has 1 aromatic rings. The van der Waals surface area contributed by atoms with Crippen molar-refractivity contribution < 1.29 is 9.53 Å². The zero-order valence-corrected chi connectivity index (χ0v) is 13.2. The topological polar surface area (TPSA) is 77.4 Å². The highest BCUT2D eigenvalue weighted by molar-refractivity contribution is 5.70. The van der Waals surface area contributed by atoms with Crippen molar-refractivity contribution in [2.45, 2.75) is 32.0 Å². The lowest BCUT2D eigenvalue weighted by atomic mass is 9.95. The summed E-state index contributed by atoms with van der Waals surface area (Å²) in [6.07, 6.45) is 1.55. The summed E-state index contributed by atoms with van der Waals surface area (Å²) < 4.78 is 5.51. The predicted octanol–water partition coefficient (Wildman–Crippen LogP) is 1.75. The lowest BCUT2D eigenvalue weighted by Gasteiger charge is -2.46. The Hall–Kier alpha value is -2.26. The number of hydrogen-bond donors (Lipinski definition) is 2. The third kappa shape index (κ3) is 3.31. The van der Waals surface area contributed by atoms with Crippen LogP contribution in [-0.4, -0.2) is 36.2 Å². The average Bonchev–Trinajstić information content (AvgIpc) is 2.47. The van der Waals surface area contributed by atoms with Crippen LogP contribution in [0, 0.1) is 11.5 Å². The molecule has 22 heavy (non-hydrogen) atoms. The van der Waals surface area contributed by atoms with E-state index in [0.717, 1.165) is 5.56 Å². The molecule has 118 valence electrons. The summed E-state index contributed by atoms with van der Waals surface area (Å²) in [5.41, 5.74) is -0.678. The smallest absolute Gasteiger partial charge is 0.412 e. The number of benzene rings is 1. The van der Waals surface area contributed by atoms with Crippen LogP contribution < -0.4 is 10.6 Å². The monoisotopic (exact) mass is 302 g/mol. The molecule has 1 aromatic carbocycles. The Balaban J connectivity index is 2.40. The van der Waals surface area contributed by atoms with Gasteiger partial charge in [-0.05, 0) is 26.3 Å². The van der Waals surface area contributed by atoms with Gasteiger partial charge in [0.1, 0.15) is 5.60 Å². The minimum Gasteiger partial charge on any atom is -0.444 e. The van der Waals surface area contributed by atoms with Gasteiger partial charge in [-0.3, -0.25) is 10.2 Å². The predicted molar refractivity (Wildman–Crippen MR) is 82.7 cm³/mol. The quantitative estimate of drug-likeness (QED) is 0.643. The Bertz CT molecular complexity index is 562. The van der Waals surface area contributed by atoms with Crippen molar-refractivity contribution in [3.63, 3.8) is 0 Å². The number of carbonyl (C=O) groups excluding carboxylic acids is 1. The Morgan fingerprint density at radius 2 is 2.09 bits per heavy atom. The van der Waals surface area contributed by atoms with Crippen LogP contribution in [0.15, 0.2) is 30.3 Å². The zero-order chi connectivity index (χ0) is 16.2. The second-order valence-corrected chi connectivity index (χ2v) is 6.27. The van der Waals surface area contributed by atoms with E-state index in [1.165, 1.54) is 0 Å². The molecule has 0 aromatic heterocycles. The van der Waals surface area contributed by atoms with Gasteiger partial charge in [0.05, 0.1) is 0 Å². The number of piperazine rings is 1. The molecule has 1 unspecified atom stereocenters. The fourth-order valence-electron chi connectivity index (χ4n) is 2.56. The largest absolute Gasteiger partial charge is 0.444 e. The van der Waals surface area contributed by atoms with E-state index >= 15 is 0 Å². The average molecular weight is 302 g/mol. The molecule has 6 nitrogen and oxygen atoms in total. The summed E-state index contributed by atoms with van der Waals surface area (Å²) >= 11 is 0. The van der Waals surface area contributed by atoms with Crippen LogP contribution in [0.1, 0.15) is 26.3 Å². The summed E-state index contributed by atoms with van der Waals surface area (Å²) in [4.78, 5) is 14.2. The van der Waals surface area contributed by atoms with Gasteiger partial charge in [-0.2, -0.15) is 5.26 Å². The molecule has 2 N–H and O–H groups in total. The molecule has 1 saturated heterocycles. The van der Waals surface area contributed by atoms with E-state index < -0.39 is 17.4 Å². The van der Waals surface area contributed by atoms with Crippen molar-refractivity contribution in [2.24, 2.45) is 0 Å². The fourth-order valence-corrected chi connectivity index (χ4v) is 2.56. The first-order valence-corrected chi connectivity index (χ1v) is 7.32. The van der Waals surface area contributed by atoms with Crippen LogP contribution in [0.5, 0.6) is 0 Å². The molecule has 1 heterocycles. The van der Waals surface area contributed by atoms with Gasteiger partial charge in [0, 0.05) is 19.6 Å². The molecule has 0 radical (unpaired) electrons. The lowest BCUT2D eigenvalue weighted by molar-refractivity contribution is -0.0187. The second kappa shape index (κ2) is 6.24. The molecule has 0 spiro atoms. The summed E-state index contributed by atoms with van der Waals surface area (Å²) in [5.74, 6) is 0. The Morgan fingerprint density at radius 3 is 2.68 bits per heavy atom. The number of nitrogens with one attached hydrogen (secondary N) is 2. The highest BCUT2D eigenvalue weighted by Gasteiger charge is 2.45. The molecule has 6 heteroatoms. The van der Waals surface area contributed by atoms with Crippen molar-refractivity contribution in [3.05, 3.63) is 35.9 Å². The fraction of sp³-hybridized carbons (Fsp3) is 0.500. The molecule has 1 atom stereocenters. The van der Waals surface area contributed by atoms with Crippen molar-refractivity contribution >= 4 is 6.09 Å². The van der Waals surface area contributed by atoms with Crippen LogP contribution in [0.2, 0.25) is 0 Å².